The zero-order valence-electron chi connectivity index (χ0n) is 10.2. The first kappa shape index (κ1) is 12.0. The van der Waals surface area contributed by atoms with Crippen molar-refractivity contribution in [3.63, 3.8) is 0 Å². The first-order valence-corrected chi connectivity index (χ1v) is 6.25. The number of benzene rings is 1. The molecule has 0 radical (unpaired) electrons. The molecule has 1 aromatic carbocycles. The van der Waals surface area contributed by atoms with E-state index in [2.05, 4.69) is 47.2 Å². The average Bonchev–Trinajstić information content (AvgIpc) is 2.70. The van der Waals surface area contributed by atoms with E-state index in [9.17, 15) is 0 Å². The Morgan fingerprint density at radius 3 is 2.59 bits per heavy atom. The second-order valence-corrected chi connectivity index (χ2v) is 4.77. The molecular weight excluding hydrogens is 230 g/mol. The van der Waals surface area contributed by atoms with Gasteiger partial charge in [-0.25, -0.2) is 4.98 Å². The fourth-order valence-corrected chi connectivity index (χ4v) is 2.00. The van der Waals surface area contributed by atoms with Crippen LogP contribution in [-0.4, -0.2) is 15.2 Å². The minimum atomic E-state index is 0.534. The quantitative estimate of drug-likeness (QED) is 0.814. The van der Waals surface area contributed by atoms with Gasteiger partial charge in [0.1, 0.15) is 5.82 Å². The van der Waals surface area contributed by atoms with Crippen molar-refractivity contribution >= 4 is 12.2 Å². The van der Waals surface area contributed by atoms with Crippen LogP contribution in [0.15, 0.2) is 18.2 Å². The summed E-state index contributed by atoms with van der Waals surface area (Å²) in [5.74, 6) is 0.943. The Kier molecular flexibility index (Phi) is 3.74. The molecule has 0 aliphatic rings. The maximum absolute atomic E-state index is 4.91. The molecule has 2 N–H and O–H groups in total. The molecule has 3 nitrogen and oxygen atoms in total. The number of nitrogens with zero attached hydrogens (tertiary/aromatic N) is 1. The highest BCUT2D eigenvalue weighted by Crippen LogP contribution is 2.12. The molecule has 90 valence electrons. The monoisotopic (exact) mass is 247 g/mol. The maximum Gasteiger partial charge on any atom is 0.213 e. The van der Waals surface area contributed by atoms with Gasteiger partial charge in [0.05, 0.1) is 0 Å². The van der Waals surface area contributed by atoms with Crippen molar-refractivity contribution in [2.45, 2.75) is 33.1 Å². The molecule has 0 saturated heterocycles. The molecule has 0 saturated carbocycles. The van der Waals surface area contributed by atoms with E-state index in [1.165, 1.54) is 16.7 Å². The molecule has 0 spiro atoms. The SMILES string of the molecule is Cc1ccc(CCCc2nc(=S)[nH][nH]2)cc1C. The van der Waals surface area contributed by atoms with Crippen molar-refractivity contribution < 1.29 is 0 Å². The van der Waals surface area contributed by atoms with E-state index in [4.69, 9.17) is 12.2 Å². The standard InChI is InChI=1S/C13H17N3S/c1-9-6-7-11(8-10(9)2)4-3-5-12-14-13(17)16-15-12/h6-8H,3-5H2,1-2H3,(H2,14,15,16,17). The summed E-state index contributed by atoms with van der Waals surface area (Å²) in [6.45, 7) is 4.30. The summed E-state index contributed by atoms with van der Waals surface area (Å²) in [7, 11) is 0. The molecule has 1 aromatic heterocycles. The summed E-state index contributed by atoms with van der Waals surface area (Å²) in [6.07, 6.45) is 3.09. The lowest BCUT2D eigenvalue weighted by Crippen LogP contribution is -1.93. The molecule has 0 amide bonds. The summed E-state index contributed by atoms with van der Waals surface area (Å²) in [4.78, 5) is 4.18. The third-order valence-electron chi connectivity index (χ3n) is 3.00. The Hall–Kier alpha value is -1.42. The summed E-state index contributed by atoms with van der Waals surface area (Å²) in [5.41, 5.74) is 4.11. The Labute approximate surface area is 106 Å². The van der Waals surface area contributed by atoms with Crippen LogP contribution in [-0.2, 0) is 12.8 Å². The summed E-state index contributed by atoms with van der Waals surface area (Å²) < 4.78 is 0.534. The van der Waals surface area contributed by atoms with E-state index in [1.54, 1.807) is 0 Å². The molecule has 2 rings (SSSR count). The normalized spacial score (nSPS) is 10.7. The minimum Gasteiger partial charge on any atom is -0.286 e. The number of hydrogen-bond donors (Lipinski definition) is 2. The van der Waals surface area contributed by atoms with Crippen molar-refractivity contribution in [1.82, 2.24) is 15.2 Å². The first-order chi connectivity index (χ1) is 8.15. The molecule has 0 fully saturated rings. The molecule has 0 bridgehead atoms. The highest BCUT2D eigenvalue weighted by Gasteiger charge is 1.99. The largest absolute Gasteiger partial charge is 0.286 e. The number of aromatic nitrogens is 3. The van der Waals surface area contributed by atoms with Crippen molar-refractivity contribution in [1.29, 1.82) is 0 Å². The Balaban J connectivity index is 1.89. The van der Waals surface area contributed by atoms with Gasteiger partial charge in [-0.15, -0.1) is 0 Å². The first-order valence-electron chi connectivity index (χ1n) is 5.85. The van der Waals surface area contributed by atoms with Gasteiger partial charge in [-0.1, -0.05) is 18.2 Å². The van der Waals surface area contributed by atoms with Gasteiger partial charge in [0, 0.05) is 6.42 Å². The molecule has 0 aliphatic carbocycles. The van der Waals surface area contributed by atoms with Crippen molar-refractivity contribution in [3.8, 4) is 0 Å². The summed E-state index contributed by atoms with van der Waals surface area (Å²) in [5, 5.41) is 5.78. The number of rotatable bonds is 4. The van der Waals surface area contributed by atoms with Gasteiger partial charge < -0.3 is 0 Å². The average molecular weight is 247 g/mol. The van der Waals surface area contributed by atoms with Crippen LogP contribution in [0.1, 0.15) is 28.9 Å². The second-order valence-electron chi connectivity index (χ2n) is 4.39. The number of aryl methyl sites for hydroxylation is 4. The van der Waals surface area contributed by atoms with E-state index in [0.29, 0.717) is 4.77 Å². The fraction of sp³-hybridized carbons (Fsp3) is 0.385. The Bertz CT molecular complexity index is 554. The highest BCUT2D eigenvalue weighted by molar-refractivity contribution is 7.71. The Morgan fingerprint density at radius 2 is 1.94 bits per heavy atom. The fourth-order valence-electron chi connectivity index (χ4n) is 1.84. The van der Waals surface area contributed by atoms with E-state index < -0.39 is 0 Å². The molecule has 0 aliphatic heterocycles. The van der Waals surface area contributed by atoms with Gasteiger partial charge in [-0.05, 0) is 55.6 Å². The van der Waals surface area contributed by atoms with Gasteiger partial charge in [0.15, 0.2) is 0 Å². The predicted molar refractivity (Wildman–Crippen MR) is 71.7 cm³/mol. The number of nitrogens with one attached hydrogen (secondary N) is 2. The van der Waals surface area contributed by atoms with Gasteiger partial charge >= 0.3 is 0 Å². The third-order valence-corrected chi connectivity index (χ3v) is 3.19. The molecule has 1 heterocycles. The highest BCUT2D eigenvalue weighted by atomic mass is 32.1. The second kappa shape index (κ2) is 5.27. The van der Waals surface area contributed by atoms with Crippen LogP contribution < -0.4 is 0 Å². The number of H-pyrrole nitrogens is 2. The topological polar surface area (TPSA) is 44.5 Å². The smallest absolute Gasteiger partial charge is 0.213 e. The van der Waals surface area contributed by atoms with E-state index in [0.717, 1.165) is 25.1 Å². The minimum absolute atomic E-state index is 0.534. The molecule has 17 heavy (non-hydrogen) atoms. The van der Waals surface area contributed by atoms with Crippen LogP contribution in [0.3, 0.4) is 0 Å². The van der Waals surface area contributed by atoms with Crippen LogP contribution in [0.5, 0.6) is 0 Å². The van der Waals surface area contributed by atoms with Crippen LogP contribution in [0.2, 0.25) is 0 Å². The summed E-state index contributed by atoms with van der Waals surface area (Å²) >= 11 is 4.91. The van der Waals surface area contributed by atoms with Gasteiger partial charge in [0.2, 0.25) is 4.77 Å². The van der Waals surface area contributed by atoms with E-state index >= 15 is 0 Å². The zero-order chi connectivity index (χ0) is 12.3. The van der Waals surface area contributed by atoms with E-state index in [-0.39, 0.29) is 0 Å². The predicted octanol–water partition coefficient (Wildman–Crippen LogP) is 3.26. The maximum atomic E-state index is 4.91. The molecule has 0 atom stereocenters. The summed E-state index contributed by atoms with van der Waals surface area (Å²) in [6, 6.07) is 6.66. The Morgan fingerprint density at radius 1 is 1.12 bits per heavy atom. The lowest BCUT2D eigenvalue weighted by molar-refractivity contribution is 0.774. The number of aromatic amines is 2. The van der Waals surface area contributed by atoms with Gasteiger partial charge in [0.25, 0.3) is 0 Å². The lowest BCUT2D eigenvalue weighted by Gasteiger charge is -2.04. The number of hydrogen-bond acceptors (Lipinski definition) is 2. The van der Waals surface area contributed by atoms with Crippen molar-refractivity contribution in [3.05, 3.63) is 45.5 Å². The van der Waals surface area contributed by atoms with E-state index in [1.807, 2.05) is 0 Å². The van der Waals surface area contributed by atoms with Crippen molar-refractivity contribution in [2.24, 2.45) is 0 Å². The zero-order valence-corrected chi connectivity index (χ0v) is 11.0. The van der Waals surface area contributed by atoms with Crippen LogP contribution >= 0.6 is 12.2 Å². The lowest BCUT2D eigenvalue weighted by atomic mass is 10.0. The van der Waals surface area contributed by atoms with Crippen LogP contribution in [0, 0.1) is 18.6 Å². The van der Waals surface area contributed by atoms with Crippen molar-refractivity contribution in [2.75, 3.05) is 0 Å². The van der Waals surface area contributed by atoms with Gasteiger partial charge in [-0.2, -0.15) is 0 Å². The molecule has 4 heteroatoms. The molecular formula is C13H17N3S. The third kappa shape index (κ3) is 3.27. The van der Waals surface area contributed by atoms with Crippen LogP contribution in [0.4, 0.5) is 0 Å². The molecule has 0 unspecified atom stereocenters. The van der Waals surface area contributed by atoms with Crippen LogP contribution in [0.25, 0.3) is 0 Å². The molecule has 2 aromatic rings. The van der Waals surface area contributed by atoms with Gasteiger partial charge in [-0.3, -0.25) is 10.2 Å².